The van der Waals surface area contributed by atoms with Gasteiger partial charge in [0, 0.05) is 12.5 Å². The molecule has 0 saturated heterocycles. The molecule has 1 aromatic rings. The van der Waals surface area contributed by atoms with E-state index in [2.05, 4.69) is 11.1 Å². The second-order valence-electron chi connectivity index (χ2n) is 4.47. The number of methoxy groups -OCH3 is 1. The molecule has 1 rings (SSSR count). The highest BCUT2D eigenvalue weighted by atomic mass is 16.5. The number of carbonyl (C=O) groups excluding carboxylic acids is 1. The molecule has 0 bridgehead atoms. The van der Waals surface area contributed by atoms with Crippen molar-refractivity contribution in [2.24, 2.45) is 5.92 Å². The number of esters is 1. The van der Waals surface area contributed by atoms with Gasteiger partial charge in [0.25, 0.3) is 5.88 Å². The van der Waals surface area contributed by atoms with Crippen LogP contribution in [-0.4, -0.2) is 24.8 Å². The molecule has 1 heterocycles. The number of nitrogens with zero attached hydrogens (tertiary/aromatic N) is 1. The summed E-state index contributed by atoms with van der Waals surface area (Å²) >= 11 is 0. The van der Waals surface area contributed by atoms with E-state index in [1.165, 1.54) is 7.11 Å². The SMILES string of the molecule is C#CCCCOc1cc(C(C(=O)OC)C(C)C)on1. The first-order valence-electron chi connectivity index (χ1n) is 6.20. The van der Waals surface area contributed by atoms with E-state index in [-0.39, 0.29) is 11.9 Å². The lowest BCUT2D eigenvalue weighted by molar-refractivity contribution is -0.144. The molecule has 1 atom stereocenters. The van der Waals surface area contributed by atoms with Crippen molar-refractivity contribution >= 4 is 5.97 Å². The van der Waals surface area contributed by atoms with E-state index < -0.39 is 5.92 Å². The van der Waals surface area contributed by atoms with Gasteiger partial charge < -0.3 is 14.0 Å². The molecule has 0 saturated carbocycles. The normalized spacial score (nSPS) is 11.9. The largest absolute Gasteiger partial charge is 0.475 e. The minimum absolute atomic E-state index is 0.0506. The van der Waals surface area contributed by atoms with Crippen LogP contribution in [0.25, 0.3) is 0 Å². The Balaban J connectivity index is 2.66. The second kappa shape index (κ2) is 7.47. The molecule has 0 N–H and O–H groups in total. The molecule has 0 spiro atoms. The van der Waals surface area contributed by atoms with E-state index in [0.717, 1.165) is 6.42 Å². The lowest BCUT2D eigenvalue weighted by atomic mass is 9.93. The first-order valence-corrected chi connectivity index (χ1v) is 6.20. The maximum Gasteiger partial charge on any atom is 0.316 e. The van der Waals surface area contributed by atoms with E-state index >= 15 is 0 Å². The van der Waals surface area contributed by atoms with Crippen LogP contribution in [0.3, 0.4) is 0 Å². The van der Waals surface area contributed by atoms with Crippen LogP contribution in [0, 0.1) is 18.3 Å². The van der Waals surface area contributed by atoms with Crippen LogP contribution >= 0.6 is 0 Å². The van der Waals surface area contributed by atoms with E-state index in [1.807, 2.05) is 13.8 Å². The molecule has 5 nitrogen and oxygen atoms in total. The van der Waals surface area contributed by atoms with Crippen molar-refractivity contribution < 1.29 is 18.8 Å². The Bertz CT molecular complexity index is 445. The molecule has 0 aliphatic heterocycles. The second-order valence-corrected chi connectivity index (χ2v) is 4.47. The van der Waals surface area contributed by atoms with Crippen molar-refractivity contribution in [3.63, 3.8) is 0 Å². The summed E-state index contributed by atoms with van der Waals surface area (Å²) in [7, 11) is 1.35. The van der Waals surface area contributed by atoms with Crippen LogP contribution in [0.2, 0.25) is 0 Å². The van der Waals surface area contributed by atoms with Crippen LogP contribution in [0.15, 0.2) is 10.6 Å². The summed E-state index contributed by atoms with van der Waals surface area (Å²) in [5.41, 5.74) is 0. The van der Waals surface area contributed by atoms with Gasteiger partial charge >= 0.3 is 5.97 Å². The van der Waals surface area contributed by atoms with Gasteiger partial charge in [0.1, 0.15) is 5.92 Å². The Hall–Kier alpha value is -1.96. The van der Waals surface area contributed by atoms with Gasteiger partial charge in [-0.05, 0) is 17.5 Å². The Labute approximate surface area is 113 Å². The fraction of sp³-hybridized carbons (Fsp3) is 0.571. The maximum absolute atomic E-state index is 11.7. The number of hydrogen-bond donors (Lipinski definition) is 0. The fourth-order valence-corrected chi connectivity index (χ4v) is 1.68. The number of ether oxygens (including phenoxy) is 2. The zero-order valence-electron chi connectivity index (χ0n) is 11.5. The first kappa shape index (κ1) is 15.1. The summed E-state index contributed by atoms with van der Waals surface area (Å²) in [6.45, 7) is 4.30. The van der Waals surface area contributed by atoms with Crippen molar-refractivity contribution in [3.05, 3.63) is 11.8 Å². The molecule has 0 fully saturated rings. The molecule has 104 valence electrons. The van der Waals surface area contributed by atoms with Crippen LogP contribution in [-0.2, 0) is 9.53 Å². The first-order chi connectivity index (χ1) is 9.10. The molecule has 0 aromatic carbocycles. The lowest BCUT2D eigenvalue weighted by Crippen LogP contribution is -2.19. The monoisotopic (exact) mass is 265 g/mol. The van der Waals surface area contributed by atoms with E-state index in [4.69, 9.17) is 20.4 Å². The van der Waals surface area contributed by atoms with Gasteiger partial charge in [0.15, 0.2) is 5.76 Å². The van der Waals surface area contributed by atoms with Gasteiger partial charge in [-0.3, -0.25) is 4.79 Å². The molecule has 1 unspecified atom stereocenters. The fourth-order valence-electron chi connectivity index (χ4n) is 1.68. The highest BCUT2D eigenvalue weighted by molar-refractivity contribution is 5.77. The zero-order chi connectivity index (χ0) is 14.3. The molecule has 19 heavy (non-hydrogen) atoms. The Morgan fingerprint density at radius 3 is 2.89 bits per heavy atom. The average molecular weight is 265 g/mol. The Morgan fingerprint density at radius 1 is 1.58 bits per heavy atom. The third-order valence-corrected chi connectivity index (χ3v) is 2.65. The summed E-state index contributed by atoms with van der Waals surface area (Å²) in [5.74, 6) is 2.58. The molecular weight excluding hydrogens is 246 g/mol. The minimum Gasteiger partial charge on any atom is -0.475 e. The third kappa shape index (κ3) is 4.32. The summed E-state index contributed by atoms with van der Waals surface area (Å²) in [4.78, 5) is 11.7. The highest BCUT2D eigenvalue weighted by Gasteiger charge is 2.29. The number of unbranched alkanes of at least 4 members (excludes halogenated alkanes) is 1. The zero-order valence-corrected chi connectivity index (χ0v) is 11.5. The topological polar surface area (TPSA) is 61.6 Å². The third-order valence-electron chi connectivity index (χ3n) is 2.65. The van der Waals surface area contributed by atoms with Gasteiger partial charge in [0.05, 0.1) is 13.7 Å². The Kier molecular flexibility index (Phi) is 5.94. The maximum atomic E-state index is 11.7. The van der Waals surface area contributed by atoms with Crippen molar-refractivity contribution in [2.75, 3.05) is 13.7 Å². The molecule has 1 aromatic heterocycles. The smallest absolute Gasteiger partial charge is 0.316 e. The number of aromatic nitrogens is 1. The average Bonchev–Trinajstić information content (AvgIpc) is 2.82. The number of rotatable bonds is 7. The number of terminal acetylenes is 1. The highest BCUT2D eigenvalue weighted by Crippen LogP contribution is 2.28. The van der Waals surface area contributed by atoms with E-state index in [0.29, 0.717) is 24.7 Å². The van der Waals surface area contributed by atoms with Gasteiger partial charge in [-0.25, -0.2) is 0 Å². The van der Waals surface area contributed by atoms with Crippen LogP contribution in [0.4, 0.5) is 0 Å². The predicted molar refractivity (Wildman–Crippen MR) is 69.7 cm³/mol. The predicted octanol–water partition coefficient (Wildman–Crippen LogP) is 2.38. The van der Waals surface area contributed by atoms with Crippen molar-refractivity contribution in [1.82, 2.24) is 5.16 Å². The summed E-state index contributed by atoms with van der Waals surface area (Å²) in [5, 5.41) is 3.78. The number of hydrogen-bond acceptors (Lipinski definition) is 5. The molecule has 0 aliphatic rings. The van der Waals surface area contributed by atoms with Crippen molar-refractivity contribution in [2.45, 2.75) is 32.6 Å². The molecule has 0 radical (unpaired) electrons. The van der Waals surface area contributed by atoms with Crippen LogP contribution in [0.1, 0.15) is 38.4 Å². The van der Waals surface area contributed by atoms with Gasteiger partial charge in [0.2, 0.25) is 0 Å². The quantitative estimate of drug-likeness (QED) is 0.430. The van der Waals surface area contributed by atoms with Crippen molar-refractivity contribution in [1.29, 1.82) is 0 Å². The van der Waals surface area contributed by atoms with E-state index in [1.54, 1.807) is 6.07 Å². The standard InChI is InChI=1S/C14H19NO4/c1-5-6-7-8-18-12-9-11(19-15-12)13(10(2)3)14(16)17-4/h1,9-10,13H,6-8H2,2-4H3. The molecule has 5 heteroatoms. The lowest BCUT2D eigenvalue weighted by Gasteiger charge is -2.14. The molecular formula is C14H19NO4. The molecule has 0 amide bonds. The number of carbonyl (C=O) groups is 1. The van der Waals surface area contributed by atoms with Gasteiger partial charge in [-0.2, -0.15) is 0 Å². The van der Waals surface area contributed by atoms with Crippen LogP contribution in [0.5, 0.6) is 5.88 Å². The Morgan fingerprint density at radius 2 is 2.32 bits per heavy atom. The minimum atomic E-state index is -0.472. The summed E-state index contributed by atoms with van der Waals surface area (Å²) in [6.07, 6.45) is 6.55. The summed E-state index contributed by atoms with van der Waals surface area (Å²) in [6, 6.07) is 1.62. The van der Waals surface area contributed by atoms with Crippen LogP contribution < -0.4 is 4.74 Å². The molecule has 0 aliphatic carbocycles. The van der Waals surface area contributed by atoms with Gasteiger partial charge in [-0.1, -0.05) is 13.8 Å². The van der Waals surface area contributed by atoms with Gasteiger partial charge in [-0.15, -0.1) is 12.3 Å². The van der Waals surface area contributed by atoms with Crippen molar-refractivity contribution in [3.8, 4) is 18.2 Å². The summed E-state index contributed by atoms with van der Waals surface area (Å²) < 4.78 is 15.3. The van der Waals surface area contributed by atoms with E-state index in [9.17, 15) is 4.79 Å².